The van der Waals surface area contributed by atoms with Gasteiger partial charge >= 0.3 is 5.97 Å². The van der Waals surface area contributed by atoms with E-state index < -0.39 is 12.0 Å². The van der Waals surface area contributed by atoms with Crippen LogP contribution in [0.1, 0.15) is 56.3 Å². The topological polar surface area (TPSA) is 69.9 Å². The van der Waals surface area contributed by atoms with Gasteiger partial charge in [0.05, 0.1) is 28.5 Å². The van der Waals surface area contributed by atoms with Crippen molar-refractivity contribution < 1.29 is 14.3 Å². The molecule has 0 aliphatic carbocycles. The lowest BCUT2D eigenvalue weighted by Gasteiger charge is -2.25. The molecule has 0 spiro atoms. The minimum atomic E-state index is -0.628. The van der Waals surface area contributed by atoms with Gasteiger partial charge in [-0.15, -0.1) is 0 Å². The largest absolute Gasteiger partial charge is 0.463 e. The third-order valence-corrected chi connectivity index (χ3v) is 7.55. The lowest BCUT2D eigenvalue weighted by molar-refractivity contribution is -0.139. The zero-order valence-electron chi connectivity index (χ0n) is 22.4. The van der Waals surface area contributed by atoms with Gasteiger partial charge in [0, 0.05) is 0 Å². The van der Waals surface area contributed by atoms with Crippen molar-refractivity contribution in [2.24, 2.45) is 4.99 Å². The van der Waals surface area contributed by atoms with Crippen molar-refractivity contribution in [3.05, 3.63) is 127 Å². The molecule has 0 bridgehead atoms. The Balaban J connectivity index is 1.61. The summed E-state index contributed by atoms with van der Waals surface area (Å²) in [7, 11) is 0. The lowest BCUT2D eigenvalue weighted by atomic mass is 9.93. The predicted octanol–water partition coefficient (Wildman–Crippen LogP) is 5.71. The van der Waals surface area contributed by atoms with Crippen LogP contribution in [-0.4, -0.2) is 17.1 Å². The first-order valence-electron chi connectivity index (χ1n) is 13.0. The zero-order chi connectivity index (χ0) is 27.5. The van der Waals surface area contributed by atoms with Gasteiger partial charge in [0.15, 0.2) is 4.80 Å². The van der Waals surface area contributed by atoms with Crippen molar-refractivity contribution in [2.75, 3.05) is 6.61 Å². The summed E-state index contributed by atoms with van der Waals surface area (Å²) < 4.78 is 13.5. The first-order valence-corrected chi connectivity index (χ1v) is 13.8. The Labute approximate surface area is 231 Å². The van der Waals surface area contributed by atoms with E-state index in [1.807, 2.05) is 84.9 Å². The first-order chi connectivity index (χ1) is 18.9. The predicted molar refractivity (Wildman–Crippen MR) is 154 cm³/mol. The molecule has 6 nitrogen and oxygen atoms in total. The number of fused-ring (bicyclic) bond motifs is 1. The van der Waals surface area contributed by atoms with E-state index in [1.165, 1.54) is 16.9 Å². The highest BCUT2D eigenvalue weighted by molar-refractivity contribution is 7.07. The van der Waals surface area contributed by atoms with E-state index >= 15 is 0 Å². The fourth-order valence-corrected chi connectivity index (χ4v) is 5.66. The fraction of sp³-hybridized carbons (Fsp3) is 0.219. The van der Waals surface area contributed by atoms with Crippen LogP contribution in [0.5, 0.6) is 11.5 Å². The Bertz CT molecular complexity index is 1710. The number of carbonyl (C=O) groups is 1. The van der Waals surface area contributed by atoms with Crippen LogP contribution in [0.2, 0.25) is 0 Å². The van der Waals surface area contributed by atoms with Gasteiger partial charge < -0.3 is 9.47 Å². The fourth-order valence-electron chi connectivity index (χ4n) is 4.61. The molecule has 1 aliphatic heterocycles. The number of hydrogen-bond donors (Lipinski definition) is 0. The van der Waals surface area contributed by atoms with Crippen LogP contribution in [0.3, 0.4) is 0 Å². The summed E-state index contributed by atoms with van der Waals surface area (Å²) in [6, 6.07) is 24.6. The number of nitrogens with zero attached hydrogens (tertiary/aromatic N) is 2. The Hall–Kier alpha value is -4.23. The number of esters is 1. The number of thiazole rings is 1. The Morgan fingerprint density at radius 1 is 1.03 bits per heavy atom. The monoisotopic (exact) mass is 538 g/mol. The number of aromatic nitrogens is 1. The van der Waals surface area contributed by atoms with Crippen molar-refractivity contribution in [2.45, 2.75) is 39.7 Å². The Morgan fingerprint density at radius 3 is 2.44 bits per heavy atom. The molecule has 0 saturated heterocycles. The highest BCUT2D eigenvalue weighted by Crippen LogP contribution is 2.31. The molecule has 0 radical (unpaired) electrons. The molecular formula is C32H30N2O4S. The average molecular weight is 539 g/mol. The summed E-state index contributed by atoms with van der Waals surface area (Å²) in [4.78, 5) is 32.2. The first kappa shape index (κ1) is 26.4. The highest BCUT2D eigenvalue weighted by atomic mass is 32.1. The molecule has 7 heteroatoms. The Morgan fingerprint density at radius 2 is 1.74 bits per heavy atom. The van der Waals surface area contributed by atoms with E-state index in [2.05, 4.69) is 18.8 Å². The number of hydrogen-bond acceptors (Lipinski definition) is 6. The van der Waals surface area contributed by atoms with Crippen molar-refractivity contribution in [3.63, 3.8) is 0 Å². The van der Waals surface area contributed by atoms with Crippen molar-refractivity contribution in [3.8, 4) is 11.5 Å². The van der Waals surface area contributed by atoms with Crippen LogP contribution in [0.4, 0.5) is 0 Å². The maximum atomic E-state index is 13.9. The molecule has 0 amide bonds. The molecule has 1 aliphatic rings. The van der Waals surface area contributed by atoms with Crippen LogP contribution >= 0.6 is 11.3 Å². The summed E-state index contributed by atoms with van der Waals surface area (Å²) in [5.74, 6) is 1.31. The maximum absolute atomic E-state index is 13.9. The molecule has 2 heterocycles. The smallest absolute Gasteiger partial charge is 0.338 e. The van der Waals surface area contributed by atoms with Gasteiger partial charge in [0.25, 0.3) is 5.56 Å². The van der Waals surface area contributed by atoms with Gasteiger partial charge in [-0.1, -0.05) is 79.8 Å². The normalized spacial score (nSPS) is 15.2. The van der Waals surface area contributed by atoms with Crippen LogP contribution in [-0.2, 0) is 9.53 Å². The SMILES string of the molecule is CCOC(=O)C1=C(C)N=c2sc(=Cc3cccc(Oc4ccccc4)c3)c(=O)n2[C@@H]1c1ccc(C(C)C)cc1. The third kappa shape index (κ3) is 5.49. The highest BCUT2D eigenvalue weighted by Gasteiger charge is 2.33. The number of benzene rings is 3. The van der Waals surface area contributed by atoms with Crippen LogP contribution in [0.25, 0.3) is 6.08 Å². The molecule has 3 aromatic carbocycles. The molecule has 0 unspecified atom stereocenters. The molecule has 4 aromatic rings. The second-order valence-corrected chi connectivity index (χ2v) is 10.6. The zero-order valence-corrected chi connectivity index (χ0v) is 23.2. The number of carbonyl (C=O) groups excluding carboxylic acids is 1. The van der Waals surface area contributed by atoms with Gasteiger partial charge in [0.2, 0.25) is 0 Å². The van der Waals surface area contributed by atoms with E-state index in [1.54, 1.807) is 18.4 Å². The van der Waals surface area contributed by atoms with E-state index in [0.717, 1.165) is 16.9 Å². The number of para-hydroxylation sites is 1. The number of allylic oxidation sites excluding steroid dienone is 1. The average Bonchev–Trinajstić information content (AvgIpc) is 3.22. The second-order valence-electron chi connectivity index (χ2n) is 9.61. The van der Waals surface area contributed by atoms with E-state index in [9.17, 15) is 9.59 Å². The van der Waals surface area contributed by atoms with Gasteiger partial charge in [0.1, 0.15) is 11.5 Å². The van der Waals surface area contributed by atoms with Crippen molar-refractivity contribution in [1.29, 1.82) is 0 Å². The van der Waals surface area contributed by atoms with Crippen LogP contribution in [0.15, 0.2) is 99.9 Å². The standard InChI is InChI=1S/C32H30N2O4S/c1-5-37-31(36)28-21(4)33-32-34(29(28)24-16-14-23(15-17-24)20(2)3)30(35)27(39-32)19-22-10-9-13-26(18-22)38-25-11-7-6-8-12-25/h6-20,29H,5H2,1-4H3/t29-/m1/s1. The van der Waals surface area contributed by atoms with Gasteiger partial charge in [-0.3, -0.25) is 9.36 Å². The minimum Gasteiger partial charge on any atom is -0.463 e. The van der Waals surface area contributed by atoms with Gasteiger partial charge in [-0.2, -0.15) is 0 Å². The van der Waals surface area contributed by atoms with E-state index in [0.29, 0.717) is 32.3 Å². The maximum Gasteiger partial charge on any atom is 0.338 e. The molecule has 1 aromatic heterocycles. The summed E-state index contributed by atoms with van der Waals surface area (Å²) in [6.07, 6.45) is 1.84. The van der Waals surface area contributed by atoms with Crippen molar-refractivity contribution >= 4 is 23.4 Å². The molecule has 39 heavy (non-hydrogen) atoms. The minimum absolute atomic E-state index is 0.208. The number of rotatable bonds is 7. The third-order valence-electron chi connectivity index (χ3n) is 6.57. The van der Waals surface area contributed by atoms with E-state index in [-0.39, 0.29) is 12.2 Å². The molecule has 0 N–H and O–H groups in total. The summed E-state index contributed by atoms with van der Waals surface area (Å²) >= 11 is 1.31. The molecule has 1 atom stereocenters. The van der Waals surface area contributed by atoms with Gasteiger partial charge in [-0.05, 0) is 66.8 Å². The summed E-state index contributed by atoms with van der Waals surface area (Å²) in [6.45, 7) is 8.06. The molecule has 5 rings (SSSR count). The Kier molecular flexibility index (Phi) is 7.61. The molecule has 198 valence electrons. The molecule has 0 saturated carbocycles. The quantitative estimate of drug-likeness (QED) is 0.283. The summed E-state index contributed by atoms with van der Waals surface area (Å²) in [5, 5.41) is 0. The number of ether oxygens (including phenoxy) is 2. The van der Waals surface area contributed by atoms with Crippen LogP contribution < -0.4 is 19.6 Å². The molecular weight excluding hydrogens is 508 g/mol. The van der Waals surface area contributed by atoms with Gasteiger partial charge in [-0.25, -0.2) is 9.79 Å². The lowest BCUT2D eigenvalue weighted by Crippen LogP contribution is -2.39. The summed E-state index contributed by atoms with van der Waals surface area (Å²) in [5.41, 5.74) is 3.57. The van der Waals surface area contributed by atoms with Crippen molar-refractivity contribution in [1.82, 2.24) is 4.57 Å². The second kappa shape index (κ2) is 11.3. The van der Waals surface area contributed by atoms with Crippen LogP contribution in [0, 0.1) is 0 Å². The van der Waals surface area contributed by atoms with E-state index in [4.69, 9.17) is 9.47 Å². The molecule has 0 fully saturated rings.